The Morgan fingerprint density at radius 2 is 2.00 bits per heavy atom. The van der Waals surface area contributed by atoms with Gasteiger partial charge in [-0.1, -0.05) is 37.1 Å². The van der Waals surface area contributed by atoms with E-state index >= 15 is 0 Å². The van der Waals surface area contributed by atoms with Gasteiger partial charge in [0.15, 0.2) is 5.78 Å². The maximum absolute atomic E-state index is 13.8. The summed E-state index contributed by atoms with van der Waals surface area (Å²) in [5, 5.41) is 9.20. The zero-order valence-electron chi connectivity index (χ0n) is 22.2. The van der Waals surface area contributed by atoms with Crippen LogP contribution in [-0.4, -0.2) is 34.0 Å². The first-order valence-corrected chi connectivity index (χ1v) is 14.8. The molecule has 8 atom stereocenters. The summed E-state index contributed by atoms with van der Waals surface area (Å²) in [6.45, 7) is 9.14. The minimum Gasteiger partial charge on any atom is -0.381 e. The number of benzene rings is 1. The zero-order chi connectivity index (χ0) is 25.1. The van der Waals surface area contributed by atoms with Gasteiger partial charge in [-0.2, -0.15) is 0 Å². The van der Waals surface area contributed by atoms with Crippen LogP contribution in [0.15, 0.2) is 18.2 Å². The molecule has 0 bridgehead atoms. The molecule has 0 amide bonds. The number of aromatic nitrogens is 3. The molecule has 4 saturated carbocycles. The molecule has 6 rings (SSSR count). The number of hydrogen-bond acceptors (Lipinski definition) is 4. The lowest BCUT2D eigenvalue weighted by molar-refractivity contribution is -0.157. The number of hydrogen-bond donors (Lipinski definition) is 0. The highest BCUT2D eigenvalue weighted by Gasteiger charge is 2.62. The predicted molar refractivity (Wildman–Crippen MR) is 143 cm³/mol. The molecule has 0 saturated heterocycles. The molecule has 2 aromatic rings. The number of ketones is 1. The van der Waals surface area contributed by atoms with Gasteiger partial charge in [0.25, 0.3) is 0 Å². The summed E-state index contributed by atoms with van der Waals surface area (Å²) in [7, 11) is 0. The van der Waals surface area contributed by atoms with Crippen LogP contribution in [0.4, 0.5) is 0 Å². The Balaban J connectivity index is 1.23. The Hall–Kier alpha value is -1.46. The van der Waals surface area contributed by atoms with Crippen molar-refractivity contribution in [1.82, 2.24) is 15.0 Å². The van der Waals surface area contributed by atoms with E-state index in [0.717, 1.165) is 54.3 Å². The van der Waals surface area contributed by atoms with Crippen molar-refractivity contribution in [3.8, 4) is 0 Å². The Morgan fingerprint density at radius 1 is 1.14 bits per heavy atom. The highest BCUT2D eigenvalue weighted by Crippen LogP contribution is 2.68. The van der Waals surface area contributed by atoms with E-state index in [1.807, 2.05) is 18.2 Å². The van der Waals surface area contributed by atoms with Gasteiger partial charge in [0.05, 0.1) is 12.1 Å². The number of ether oxygens (including phenoxy) is 1. The number of fused-ring (bicyclic) bond motifs is 6. The van der Waals surface area contributed by atoms with Crippen LogP contribution in [0.25, 0.3) is 11.0 Å². The molecule has 0 N–H and O–H groups in total. The van der Waals surface area contributed by atoms with E-state index in [4.69, 9.17) is 16.3 Å². The average Bonchev–Trinajstić information content (AvgIpc) is 3.42. The third kappa shape index (κ3) is 3.86. The van der Waals surface area contributed by atoms with Crippen LogP contribution in [0.1, 0.15) is 78.6 Å². The second-order valence-electron chi connectivity index (χ2n) is 12.9. The molecule has 5 nitrogen and oxygen atoms in total. The summed E-state index contributed by atoms with van der Waals surface area (Å²) >= 11 is 6.12. The van der Waals surface area contributed by atoms with E-state index in [1.54, 1.807) is 4.68 Å². The second kappa shape index (κ2) is 9.38. The van der Waals surface area contributed by atoms with Crippen LogP contribution in [0, 0.1) is 46.3 Å². The smallest absolute Gasteiger partial charge is 0.157 e. The molecule has 4 aliphatic rings. The molecule has 36 heavy (non-hydrogen) atoms. The van der Waals surface area contributed by atoms with Crippen LogP contribution < -0.4 is 0 Å². The summed E-state index contributed by atoms with van der Waals surface area (Å²) in [6, 6.07) is 5.60. The third-order valence-corrected chi connectivity index (χ3v) is 11.6. The van der Waals surface area contributed by atoms with Gasteiger partial charge in [0.1, 0.15) is 12.1 Å². The van der Waals surface area contributed by atoms with Gasteiger partial charge in [0, 0.05) is 17.5 Å². The summed E-state index contributed by atoms with van der Waals surface area (Å²) in [5.74, 6) is 4.33. The van der Waals surface area contributed by atoms with Crippen molar-refractivity contribution < 1.29 is 9.53 Å². The molecule has 4 aliphatic carbocycles. The number of carbonyl (C=O) groups excluding carboxylic acids is 1. The molecule has 1 aromatic carbocycles. The standard InChI is InChI=1S/C30H42ClN3O2/c1-4-36-18-30-14-11-19(2)15-20(30)5-7-22-23-8-9-25(29(23,3)13-12-24(22)30)28(35)17-34-27-10-6-21(31)16-26(27)32-33-34/h6,10,16,19-20,22-25H,4-5,7-9,11-15,17-18H2,1-3H3. The maximum atomic E-state index is 13.8. The van der Waals surface area contributed by atoms with E-state index < -0.39 is 0 Å². The first-order valence-electron chi connectivity index (χ1n) is 14.4. The van der Waals surface area contributed by atoms with Crippen molar-refractivity contribution in [2.45, 2.75) is 85.1 Å². The molecule has 4 fully saturated rings. The Morgan fingerprint density at radius 3 is 2.83 bits per heavy atom. The molecule has 6 heteroatoms. The molecule has 8 unspecified atom stereocenters. The summed E-state index contributed by atoms with van der Waals surface area (Å²) in [6.07, 6.45) is 11.5. The lowest BCUT2D eigenvalue weighted by Gasteiger charge is -2.62. The molecular formula is C30H42ClN3O2. The van der Waals surface area contributed by atoms with Crippen LogP contribution in [0.3, 0.4) is 0 Å². The Kier molecular flexibility index (Phi) is 6.47. The second-order valence-corrected chi connectivity index (χ2v) is 13.4. The van der Waals surface area contributed by atoms with Crippen molar-refractivity contribution in [2.24, 2.45) is 46.3 Å². The molecule has 196 valence electrons. The van der Waals surface area contributed by atoms with Crippen LogP contribution >= 0.6 is 11.6 Å². The number of rotatable bonds is 6. The number of Topliss-reactive ketones (excluding diaryl/α,β-unsaturated/α-hetero) is 1. The fourth-order valence-electron chi connectivity index (χ4n) is 9.69. The van der Waals surface area contributed by atoms with Crippen molar-refractivity contribution in [1.29, 1.82) is 0 Å². The topological polar surface area (TPSA) is 57.0 Å². The molecular weight excluding hydrogens is 470 g/mol. The maximum Gasteiger partial charge on any atom is 0.157 e. The Labute approximate surface area is 220 Å². The van der Waals surface area contributed by atoms with Crippen LogP contribution in [0.5, 0.6) is 0 Å². The summed E-state index contributed by atoms with van der Waals surface area (Å²) in [5.41, 5.74) is 2.12. The minimum absolute atomic E-state index is 0.111. The predicted octanol–water partition coefficient (Wildman–Crippen LogP) is 6.97. The fraction of sp³-hybridized carbons (Fsp3) is 0.767. The van der Waals surface area contributed by atoms with E-state index in [1.165, 1.54) is 51.4 Å². The van der Waals surface area contributed by atoms with Gasteiger partial charge in [0.2, 0.25) is 0 Å². The molecule has 0 radical (unpaired) electrons. The Bertz CT molecular complexity index is 1130. The van der Waals surface area contributed by atoms with Crippen molar-refractivity contribution in [3.05, 3.63) is 23.2 Å². The first-order chi connectivity index (χ1) is 17.4. The average molecular weight is 512 g/mol. The quantitative estimate of drug-likeness (QED) is 0.420. The van der Waals surface area contributed by atoms with Gasteiger partial charge < -0.3 is 4.74 Å². The molecule has 0 aliphatic heterocycles. The number of halogens is 1. The lowest BCUT2D eigenvalue weighted by Crippen LogP contribution is -2.56. The van der Waals surface area contributed by atoms with Crippen molar-refractivity contribution >= 4 is 28.4 Å². The van der Waals surface area contributed by atoms with E-state index in [-0.39, 0.29) is 11.3 Å². The fourth-order valence-corrected chi connectivity index (χ4v) is 9.85. The normalized spacial score (nSPS) is 40.0. The van der Waals surface area contributed by atoms with Crippen LogP contribution in [-0.2, 0) is 16.1 Å². The molecule has 1 aromatic heterocycles. The molecule has 0 spiro atoms. The van der Waals surface area contributed by atoms with Gasteiger partial charge in [-0.3, -0.25) is 4.79 Å². The minimum atomic E-state index is 0.111. The first kappa shape index (κ1) is 24.9. The number of nitrogens with zero attached hydrogens (tertiary/aromatic N) is 3. The van der Waals surface area contributed by atoms with E-state index in [2.05, 4.69) is 31.1 Å². The van der Waals surface area contributed by atoms with Crippen molar-refractivity contribution in [2.75, 3.05) is 13.2 Å². The van der Waals surface area contributed by atoms with Gasteiger partial charge >= 0.3 is 0 Å². The highest BCUT2D eigenvalue weighted by molar-refractivity contribution is 6.31. The lowest BCUT2D eigenvalue weighted by atomic mass is 9.44. The molecule has 1 heterocycles. The van der Waals surface area contributed by atoms with Gasteiger partial charge in [-0.05, 0) is 117 Å². The largest absolute Gasteiger partial charge is 0.381 e. The van der Waals surface area contributed by atoms with E-state index in [0.29, 0.717) is 28.7 Å². The van der Waals surface area contributed by atoms with Gasteiger partial charge in [-0.15, -0.1) is 5.10 Å². The van der Waals surface area contributed by atoms with Crippen LogP contribution in [0.2, 0.25) is 5.02 Å². The monoisotopic (exact) mass is 511 g/mol. The van der Waals surface area contributed by atoms with E-state index in [9.17, 15) is 4.79 Å². The zero-order valence-corrected chi connectivity index (χ0v) is 23.0. The number of carbonyl (C=O) groups is 1. The summed E-state index contributed by atoms with van der Waals surface area (Å²) < 4.78 is 8.02. The SMILES string of the molecule is CCOCC12CCC(C)CC1CCC1C3CCC(C(=O)Cn4nnc5cc(Cl)ccc54)C3(C)CCC12. The third-order valence-electron chi connectivity index (χ3n) is 11.4. The van der Waals surface area contributed by atoms with Crippen molar-refractivity contribution in [3.63, 3.8) is 0 Å². The summed E-state index contributed by atoms with van der Waals surface area (Å²) in [4.78, 5) is 13.8. The highest BCUT2D eigenvalue weighted by atomic mass is 35.5. The van der Waals surface area contributed by atoms with Gasteiger partial charge in [-0.25, -0.2) is 4.68 Å².